The number of carbonyl (C=O) groups excluding carboxylic acids is 1. The minimum Gasteiger partial charge on any atom is -0.484 e. The van der Waals surface area contributed by atoms with Crippen molar-refractivity contribution < 1.29 is 30.8 Å². The molecule has 4 aromatic rings. The summed E-state index contributed by atoms with van der Waals surface area (Å²) in [6.45, 7) is -0.382. The van der Waals surface area contributed by atoms with E-state index >= 15 is 0 Å². The molecule has 0 aliphatic heterocycles. The largest absolute Gasteiger partial charge is 0.484 e. The minimum atomic E-state index is -4.10. The van der Waals surface area contributed by atoms with Gasteiger partial charge in [-0.2, -0.15) is 0 Å². The first-order chi connectivity index (χ1) is 18.1. The van der Waals surface area contributed by atoms with Crippen LogP contribution in [0.5, 0.6) is 5.75 Å². The highest BCUT2D eigenvalue weighted by molar-refractivity contribution is 7.94. The Labute approximate surface area is 223 Å². The van der Waals surface area contributed by atoms with E-state index in [2.05, 4.69) is 10.0 Å². The van der Waals surface area contributed by atoms with Crippen LogP contribution in [0.1, 0.15) is 0 Å². The van der Waals surface area contributed by atoms with Crippen molar-refractivity contribution in [1.82, 2.24) is 0 Å². The Morgan fingerprint density at radius 2 is 1.68 bits per heavy atom. The van der Waals surface area contributed by atoms with E-state index in [1.807, 2.05) is 0 Å². The van der Waals surface area contributed by atoms with Gasteiger partial charge in [0.15, 0.2) is 6.61 Å². The van der Waals surface area contributed by atoms with E-state index in [9.17, 15) is 26.0 Å². The van der Waals surface area contributed by atoms with Crippen molar-refractivity contribution >= 4 is 54.4 Å². The fourth-order valence-corrected chi connectivity index (χ4v) is 6.74. The molecular weight excluding hydrogens is 553 g/mol. The zero-order chi connectivity index (χ0) is 27.3. The lowest BCUT2D eigenvalue weighted by Crippen LogP contribution is -2.25. The second kappa shape index (κ2) is 11.2. The summed E-state index contributed by atoms with van der Waals surface area (Å²) in [5.41, 5.74) is 0.416. The van der Waals surface area contributed by atoms with Crippen LogP contribution in [0.4, 0.5) is 21.5 Å². The van der Waals surface area contributed by atoms with Crippen molar-refractivity contribution in [3.05, 3.63) is 96.1 Å². The Morgan fingerprint density at radius 3 is 2.37 bits per heavy atom. The number of nitrogens with one attached hydrogen (secondary N) is 2. The van der Waals surface area contributed by atoms with E-state index in [4.69, 9.17) is 4.74 Å². The molecular formula is C25H22FN3O6S3. The first-order valence-electron chi connectivity index (χ1n) is 11.0. The molecule has 0 unspecified atom stereocenters. The van der Waals surface area contributed by atoms with Crippen LogP contribution >= 0.6 is 11.3 Å². The molecule has 0 radical (unpaired) electrons. The molecule has 0 atom stereocenters. The summed E-state index contributed by atoms with van der Waals surface area (Å²) in [6, 6.07) is 20.2. The topological polar surface area (TPSA) is 122 Å². The average Bonchev–Trinajstić information content (AvgIpc) is 3.45. The van der Waals surface area contributed by atoms with Gasteiger partial charge >= 0.3 is 0 Å². The number of hydrogen-bond acceptors (Lipinski definition) is 7. The van der Waals surface area contributed by atoms with E-state index in [0.29, 0.717) is 11.4 Å². The van der Waals surface area contributed by atoms with Crippen molar-refractivity contribution in [2.24, 2.45) is 0 Å². The number of thiophene rings is 1. The molecule has 13 heteroatoms. The predicted octanol–water partition coefficient (Wildman–Crippen LogP) is 4.53. The Bertz CT molecular complexity index is 1640. The van der Waals surface area contributed by atoms with Gasteiger partial charge in [-0.3, -0.25) is 13.8 Å². The zero-order valence-electron chi connectivity index (χ0n) is 19.9. The number of benzene rings is 3. The van der Waals surface area contributed by atoms with Gasteiger partial charge in [0.05, 0.1) is 16.3 Å². The maximum Gasteiger partial charge on any atom is 0.273 e. The number of halogens is 1. The number of sulfonamides is 2. The molecule has 198 valence electrons. The van der Waals surface area contributed by atoms with Crippen LogP contribution in [0.25, 0.3) is 0 Å². The number of anilines is 3. The molecule has 1 heterocycles. The molecule has 1 amide bonds. The second-order valence-electron chi connectivity index (χ2n) is 7.85. The molecule has 0 saturated heterocycles. The molecule has 3 aromatic carbocycles. The third kappa shape index (κ3) is 6.30. The van der Waals surface area contributed by atoms with Gasteiger partial charge in [-0.15, -0.1) is 11.3 Å². The normalized spacial score (nSPS) is 11.5. The van der Waals surface area contributed by atoms with E-state index in [1.165, 1.54) is 67.7 Å². The molecule has 2 N–H and O–H groups in total. The lowest BCUT2D eigenvalue weighted by atomic mass is 10.3. The lowest BCUT2D eigenvalue weighted by molar-refractivity contribution is -0.118. The highest BCUT2D eigenvalue weighted by Gasteiger charge is 2.22. The van der Waals surface area contributed by atoms with Crippen molar-refractivity contribution in [3.63, 3.8) is 0 Å². The summed E-state index contributed by atoms with van der Waals surface area (Å²) >= 11 is 1.12. The molecule has 1 aromatic heterocycles. The summed E-state index contributed by atoms with van der Waals surface area (Å²) in [5, 5.41) is 4.23. The summed E-state index contributed by atoms with van der Waals surface area (Å²) in [4.78, 5) is 12.2. The van der Waals surface area contributed by atoms with E-state index < -0.39 is 31.8 Å². The van der Waals surface area contributed by atoms with Gasteiger partial charge in [0, 0.05) is 12.7 Å². The molecule has 9 nitrogen and oxygen atoms in total. The molecule has 4 rings (SSSR count). The predicted molar refractivity (Wildman–Crippen MR) is 144 cm³/mol. The van der Waals surface area contributed by atoms with Crippen LogP contribution < -0.4 is 19.1 Å². The standard InChI is InChI=1S/C25H22FN3O6S3/c1-29(38(33,34)25-10-5-15-36-25)19-11-13-20(14-12-19)35-17-24(30)27-18-6-4-7-21(16-18)37(31,32)28-23-9-3-2-8-22(23)26/h2-16,28H,17H2,1H3,(H,27,30). The summed E-state index contributed by atoms with van der Waals surface area (Å²) < 4.78 is 73.5. The van der Waals surface area contributed by atoms with Gasteiger partial charge in [0.25, 0.3) is 26.0 Å². The van der Waals surface area contributed by atoms with Gasteiger partial charge < -0.3 is 10.1 Å². The minimum absolute atomic E-state index is 0.170. The van der Waals surface area contributed by atoms with Gasteiger partial charge in [-0.05, 0) is 66.0 Å². The molecule has 0 aliphatic carbocycles. The number of carbonyl (C=O) groups is 1. The Morgan fingerprint density at radius 1 is 0.947 bits per heavy atom. The Balaban J connectivity index is 1.35. The number of ether oxygens (including phenoxy) is 1. The second-order valence-corrected chi connectivity index (χ2v) is 12.7. The first-order valence-corrected chi connectivity index (χ1v) is 14.8. The summed E-state index contributed by atoms with van der Waals surface area (Å²) in [7, 11) is -6.34. The van der Waals surface area contributed by atoms with Crippen molar-refractivity contribution in [1.29, 1.82) is 0 Å². The van der Waals surface area contributed by atoms with E-state index in [0.717, 1.165) is 21.7 Å². The van der Waals surface area contributed by atoms with Crippen LogP contribution in [0.3, 0.4) is 0 Å². The van der Waals surface area contributed by atoms with Crippen LogP contribution in [0, 0.1) is 5.82 Å². The van der Waals surface area contributed by atoms with E-state index in [1.54, 1.807) is 23.6 Å². The molecule has 0 saturated carbocycles. The SMILES string of the molecule is CN(c1ccc(OCC(=O)Nc2cccc(S(=O)(=O)Nc3ccccc3F)c2)cc1)S(=O)(=O)c1cccs1. The number of para-hydroxylation sites is 1. The van der Waals surface area contributed by atoms with Gasteiger partial charge in [0.1, 0.15) is 15.8 Å². The van der Waals surface area contributed by atoms with Gasteiger partial charge in [-0.25, -0.2) is 21.2 Å². The number of hydrogen-bond donors (Lipinski definition) is 2. The van der Waals surface area contributed by atoms with Crippen LogP contribution in [0.2, 0.25) is 0 Å². The highest BCUT2D eigenvalue weighted by atomic mass is 32.2. The first kappa shape index (κ1) is 27.1. The summed E-state index contributed by atoms with van der Waals surface area (Å²) in [6.07, 6.45) is 0. The lowest BCUT2D eigenvalue weighted by Gasteiger charge is -2.18. The summed E-state index contributed by atoms with van der Waals surface area (Å²) in [5.74, 6) is -0.944. The quantitative estimate of drug-likeness (QED) is 0.287. The Hall–Kier alpha value is -3.94. The monoisotopic (exact) mass is 575 g/mol. The zero-order valence-corrected chi connectivity index (χ0v) is 22.3. The van der Waals surface area contributed by atoms with Gasteiger partial charge in [-0.1, -0.05) is 24.3 Å². The van der Waals surface area contributed by atoms with E-state index in [-0.39, 0.29) is 27.1 Å². The number of nitrogens with zero attached hydrogens (tertiary/aromatic N) is 1. The molecule has 0 spiro atoms. The third-order valence-corrected chi connectivity index (χ3v) is 9.75. The Kier molecular flexibility index (Phi) is 7.99. The molecule has 0 fully saturated rings. The van der Waals surface area contributed by atoms with Crippen molar-refractivity contribution in [2.75, 3.05) is 28.0 Å². The fourth-order valence-electron chi connectivity index (χ4n) is 3.27. The van der Waals surface area contributed by atoms with Crippen molar-refractivity contribution in [2.45, 2.75) is 9.10 Å². The van der Waals surface area contributed by atoms with Crippen LogP contribution in [0.15, 0.2) is 99.4 Å². The van der Waals surface area contributed by atoms with Gasteiger partial charge in [0.2, 0.25) is 0 Å². The fraction of sp³-hybridized carbons (Fsp3) is 0.0800. The number of rotatable bonds is 10. The van der Waals surface area contributed by atoms with Crippen molar-refractivity contribution in [3.8, 4) is 5.75 Å². The third-order valence-electron chi connectivity index (χ3n) is 5.23. The number of amides is 1. The van der Waals surface area contributed by atoms with Crippen LogP contribution in [-0.2, 0) is 24.8 Å². The van der Waals surface area contributed by atoms with Crippen LogP contribution in [-0.4, -0.2) is 36.4 Å². The molecule has 38 heavy (non-hydrogen) atoms. The average molecular weight is 576 g/mol. The smallest absolute Gasteiger partial charge is 0.273 e. The molecule has 0 aliphatic rings. The maximum absolute atomic E-state index is 13.9. The molecule has 0 bridgehead atoms. The maximum atomic E-state index is 13.9. The highest BCUT2D eigenvalue weighted by Crippen LogP contribution is 2.27.